The van der Waals surface area contributed by atoms with Crippen molar-refractivity contribution in [3.05, 3.63) is 49.6 Å². The van der Waals surface area contributed by atoms with E-state index in [4.69, 9.17) is 16.3 Å². The third-order valence-electron chi connectivity index (χ3n) is 2.29. The van der Waals surface area contributed by atoms with Crippen LogP contribution in [0.3, 0.4) is 0 Å². The van der Waals surface area contributed by atoms with Crippen molar-refractivity contribution >= 4 is 44.7 Å². The lowest BCUT2D eigenvalue weighted by Crippen LogP contribution is -2.10. The molecule has 0 aliphatic heterocycles. The maximum atomic E-state index is 11.8. The molecular weight excluding hydrogens is 336 g/mol. The summed E-state index contributed by atoms with van der Waals surface area (Å²) in [7, 11) is 0. The number of hydrogen-bond acceptors (Lipinski definition) is 3. The number of Topliss-reactive ketones (excluding diaryl/α,β-unsaturated/α-hetero) is 1. The molecule has 2 nitrogen and oxygen atoms in total. The highest BCUT2D eigenvalue weighted by Crippen LogP contribution is 2.26. The van der Waals surface area contributed by atoms with Crippen molar-refractivity contribution in [2.45, 2.75) is 6.92 Å². The van der Waals surface area contributed by atoms with Gasteiger partial charge in [-0.15, -0.1) is 11.3 Å². The zero-order chi connectivity index (χ0) is 13.1. The summed E-state index contributed by atoms with van der Waals surface area (Å²) < 4.78 is 6.38. The molecular formula is C13H10BrClO2S. The molecule has 0 saturated heterocycles. The van der Waals surface area contributed by atoms with Crippen LogP contribution < -0.4 is 4.74 Å². The van der Waals surface area contributed by atoms with E-state index in [0.717, 1.165) is 9.35 Å². The van der Waals surface area contributed by atoms with E-state index >= 15 is 0 Å². The fourth-order valence-electron chi connectivity index (χ4n) is 1.40. The largest absolute Gasteiger partial charge is 0.484 e. The number of thiophene rings is 1. The Morgan fingerprint density at radius 2 is 2.17 bits per heavy atom. The molecule has 0 radical (unpaired) electrons. The van der Waals surface area contributed by atoms with Gasteiger partial charge in [-0.05, 0) is 52.7 Å². The molecule has 0 bridgehead atoms. The van der Waals surface area contributed by atoms with Crippen LogP contribution in [0.25, 0.3) is 0 Å². The first-order valence-corrected chi connectivity index (χ1v) is 7.22. The molecule has 0 saturated carbocycles. The summed E-state index contributed by atoms with van der Waals surface area (Å²) in [4.78, 5) is 12.5. The summed E-state index contributed by atoms with van der Waals surface area (Å²) in [5, 5.41) is 0.515. The Labute approximate surface area is 123 Å². The van der Waals surface area contributed by atoms with Gasteiger partial charge in [0.25, 0.3) is 0 Å². The van der Waals surface area contributed by atoms with E-state index in [-0.39, 0.29) is 12.4 Å². The van der Waals surface area contributed by atoms with Gasteiger partial charge >= 0.3 is 0 Å². The Balaban J connectivity index is 2.03. The van der Waals surface area contributed by atoms with Crippen LogP contribution in [0.1, 0.15) is 15.2 Å². The smallest absolute Gasteiger partial charge is 0.210 e. The van der Waals surface area contributed by atoms with E-state index in [9.17, 15) is 4.79 Å². The molecule has 0 atom stereocenters. The molecule has 1 aromatic carbocycles. The fraction of sp³-hybridized carbons (Fsp3) is 0.154. The summed E-state index contributed by atoms with van der Waals surface area (Å²) >= 11 is 10.7. The van der Waals surface area contributed by atoms with Crippen LogP contribution in [-0.4, -0.2) is 12.4 Å². The molecule has 0 fully saturated rings. The molecule has 0 N–H and O–H groups in total. The van der Waals surface area contributed by atoms with Crippen molar-refractivity contribution in [2.24, 2.45) is 0 Å². The fourth-order valence-corrected chi connectivity index (χ4v) is 2.88. The minimum Gasteiger partial charge on any atom is -0.484 e. The molecule has 0 amide bonds. The minimum atomic E-state index is -0.0525. The molecule has 2 rings (SSSR count). The summed E-state index contributed by atoms with van der Waals surface area (Å²) in [5.41, 5.74) is 1.04. The highest BCUT2D eigenvalue weighted by molar-refractivity contribution is 9.11. The highest BCUT2D eigenvalue weighted by Gasteiger charge is 2.10. The number of benzene rings is 1. The van der Waals surface area contributed by atoms with Gasteiger partial charge in [0.2, 0.25) is 5.78 Å². The first-order valence-electron chi connectivity index (χ1n) is 5.24. The predicted octanol–water partition coefficient (Wildman–Crippen LogP) is 4.73. The molecule has 2 aromatic rings. The van der Waals surface area contributed by atoms with Crippen molar-refractivity contribution in [1.29, 1.82) is 0 Å². The number of halogens is 2. The van der Waals surface area contributed by atoms with Gasteiger partial charge in [0.05, 0.1) is 13.7 Å². The van der Waals surface area contributed by atoms with Crippen LogP contribution in [0, 0.1) is 6.92 Å². The van der Waals surface area contributed by atoms with E-state index in [1.54, 1.807) is 12.1 Å². The molecule has 18 heavy (non-hydrogen) atoms. The number of aryl methyl sites for hydroxylation is 1. The topological polar surface area (TPSA) is 26.3 Å². The first kappa shape index (κ1) is 13.6. The van der Waals surface area contributed by atoms with Gasteiger partial charge in [-0.25, -0.2) is 0 Å². The third-order valence-corrected chi connectivity index (χ3v) is 4.27. The van der Waals surface area contributed by atoms with E-state index in [1.807, 2.05) is 25.1 Å². The number of hydrogen-bond donors (Lipinski definition) is 0. The number of ketones is 1. The third kappa shape index (κ3) is 3.34. The number of rotatable bonds is 4. The van der Waals surface area contributed by atoms with E-state index in [0.29, 0.717) is 15.6 Å². The van der Waals surface area contributed by atoms with Gasteiger partial charge in [-0.1, -0.05) is 17.7 Å². The maximum Gasteiger partial charge on any atom is 0.210 e. The van der Waals surface area contributed by atoms with Gasteiger partial charge in [0, 0.05) is 0 Å². The van der Waals surface area contributed by atoms with Crippen LogP contribution in [0.5, 0.6) is 5.75 Å². The molecule has 0 unspecified atom stereocenters. The molecule has 5 heteroatoms. The van der Waals surface area contributed by atoms with E-state index in [1.165, 1.54) is 11.3 Å². The SMILES string of the molecule is Cc1ccc(Cl)c(OCC(=O)c2ccc(Br)s2)c1. The van der Waals surface area contributed by atoms with Crippen molar-refractivity contribution in [3.63, 3.8) is 0 Å². The predicted molar refractivity (Wildman–Crippen MR) is 78.0 cm³/mol. The Bertz CT molecular complexity index is 580. The van der Waals surface area contributed by atoms with Gasteiger partial charge in [-0.3, -0.25) is 4.79 Å². The number of ether oxygens (including phenoxy) is 1. The average Bonchev–Trinajstić information content (AvgIpc) is 2.77. The summed E-state index contributed by atoms with van der Waals surface area (Å²) in [6, 6.07) is 9.10. The Morgan fingerprint density at radius 3 is 2.83 bits per heavy atom. The van der Waals surface area contributed by atoms with E-state index in [2.05, 4.69) is 15.9 Å². The molecule has 94 valence electrons. The second kappa shape index (κ2) is 5.87. The molecule has 0 aliphatic rings. The Kier molecular flexibility index (Phi) is 4.43. The Morgan fingerprint density at radius 1 is 1.39 bits per heavy atom. The summed E-state index contributed by atoms with van der Waals surface area (Å²) in [6.07, 6.45) is 0. The van der Waals surface area contributed by atoms with Crippen molar-refractivity contribution in [1.82, 2.24) is 0 Å². The van der Waals surface area contributed by atoms with Crippen molar-refractivity contribution in [2.75, 3.05) is 6.61 Å². The van der Waals surface area contributed by atoms with Crippen LogP contribution in [0.15, 0.2) is 34.1 Å². The molecule has 0 spiro atoms. The Hall–Kier alpha value is -0.840. The van der Waals surface area contributed by atoms with Gasteiger partial charge in [-0.2, -0.15) is 0 Å². The quantitative estimate of drug-likeness (QED) is 0.749. The lowest BCUT2D eigenvalue weighted by Gasteiger charge is -2.07. The van der Waals surface area contributed by atoms with Crippen molar-refractivity contribution < 1.29 is 9.53 Å². The van der Waals surface area contributed by atoms with E-state index < -0.39 is 0 Å². The second-order valence-corrected chi connectivity index (χ2v) is 6.62. The normalized spacial score (nSPS) is 10.4. The van der Waals surface area contributed by atoms with Gasteiger partial charge in [0.1, 0.15) is 5.75 Å². The van der Waals surface area contributed by atoms with Crippen LogP contribution in [0.4, 0.5) is 0 Å². The van der Waals surface area contributed by atoms with Gasteiger partial charge < -0.3 is 4.74 Å². The maximum absolute atomic E-state index is 11.8. The van der Waals surface area contributed by atoms with Crippen LogP contribution in [0.2, 0.25) is 5.02 Å². The van der Waals surface area contributed by atoms with Crippen LogP contribution in [-0.2, 0) is 0 Å². The summed E-state index contributed by atoms with van der Waals surface area (Å²) in [6.45, 7) is 1.94. The van der Waals surface area contributed by atoms with Gasteiger partial charge in [0.15, 0.2) is 6.61 Å². The lowest BCUT2D eigenvalue weighted by molar-refractivity contribution is 0.0925. The summed E-state index contributed by atoms with van der Waals surface area (Å²) in [5.74, 6) is 0.490. The molecule has 1 aromatic heterocycles. The molecule has 0 aliphatic carbocycles. The monoisotopic (exact) mass is 344 g/mol. The second-order valence-electron chi connectivity index (χ2n) is 3.75. The zero-order valence-corrected chi connectivity index (χ0v) is 12.7. The standard InChI is InChI=1S/C13H10BrClO2S/c1-8-2-3-9(15)11(6-8)17-7-10(16)12-4-5-13(14)18-12/h2-6H,7H2,1H3. The number of carbonyl (C=O) groups is 1. The van der Waals surface area contributed by atoms with Crippen molar-refractivity contribution in [3.8, 4) is 5.75 Å². The average molecular weight is 346 g/mol. The minimum absolute atomic E-state index is 0.00384. The lowest BCUT2D eigenvalue weighted by atomic mass is 10.2. The van der Waals surface area contributed by atoms with Crippen LogP contribution >= 0.6 is 38.9 Å². The number of carbonyl (C=O) groups excluding carboxylic acids is 1. The molecule has 1 heterocycles. The highest BCUT2D eigenvalue weighted by atomic mass is 79.9. The first-order chi connectivity index (χ1) is 8.56. The zero-order valence-electron chi connectivity index (χ0n) is 9.57.